The van der Waals surface area contributed by atoms with Gasteiger partial charge in [0, 0.05) is 23.8 Å². The van der Waals surface area contributed by atoms with Gasteiger partial charge < -0.3 is 10.4 Å². The fraction of sp³-hybridized carbons (Fsp3) is 0.500. The van der Waals surface area contributed by atoms with E-state index in [2.05, 4.69) is 10.3 Å². The third kappa shape index (κ3) is 3.71. The molecule has 1 aromatic rings. The van der Waals surface area contributed by atoms with Gasteiger partial charge in [0.1, 0.15) is 0 Å². The van der Waals surface area contributed by atoms with Gasteiger partial charge in [-0.1, -0.05) is 0 Å². The first-order valence-electron chi connectivity index (χ1n) is 5.70. The first-order chi connectivity index (χ1) is 8.18. The molecule has 0 atom stereocenters. The number of hydrogen-bond acceptors (Lipinski definition) is 4. The third-order valence-corrected chi connectivity index (χ3v) is 3.93. The predicted molar refractivity (Wildman–Crippen MR) is 66.8 cm³/mol. The zero-order valence-corrected chi connectivity index (χ0v) is 10.4. The number of carbonyl (C=O) groups is 1. The Labute approximate surface area is 105 Å². The van der Waals surface area contributed by atoms with E-state index < -0.39 is 5.60 Å². The second-order valence-corrected chi connectivity index (χ2v) is 5.37. The standard InChI is InChI=1S/C12H16N2O2S/c15-11(14-9-12(16)4-1-5-12)8-17-10-2-6-13-7-3-10/h2-3,6-7,16H,1,4-5,8-9H2,(H,14,15). The summed E-state index contributed by atoms with van der Waals surface area (Å²) in [5.41, 5.74) is -0.642. The molecule has 0 spiro atoms. The molecule has 1 heterocycles. The van der Waals surface area contributed by atoms with E-state index in [0.29, 0.717) is 12.3 Å². The van der Waals surface area contributed by atoms with Crippen molar-refractivity contribution in [1.29, 1.82) is 0 Å². The van der Waals surface area contributed by atoms with Crippen LogP contribution < -0.4 is 5.32 Å². The Morgan fingerprint density at radius 2 is 2.18 bits per heavy atom. The molecule has 1 aliphatic carbocycles. The van der Waals surface area contributed by atoms with Gasteiger partial charge in [-0.25, -0.2) is 0 Å². The number of nitrogens with zero attached hydrogens (tertiary/aromatic N) is 1. The maximum atomic E-state index is 11.5. The molecule has 0 unspecified atom stereocenters. The molecule has 1 saturated carbocycles. The van der Waals surface area contributed by atoms with E-state index in [4.69, 9.17) is 0 Å². The second kappa shape index (κ2) is 5.51. The summed E-state index contributed by atoms with van der Waals surface area (Å²) in [7, 11) is 0. The maximum absolute atomic E-state index is 11.5. The maximum Gasteiger partial charge on any atom is 0.230 e. The summed E-state index contributed by atoms with van der Waals surface area (Å²) in [4.78, 5) is 16.5. The zero-order chi connectivity index (χ0) is 12.1. The summed E-state index contributed by atoms with van der Waals surface area (Å²) in [6, 6.07) is 3.74. The monoisotopic (exact) mass is 252 g/mol. The Morgan fingerprint density at radius 1 is 1.47 bits per heavy atom. The highest BCUT2D eigenvalue weighted by atomic mass is 32.2. The molecular formula is C12H16N2O2S. The van der Waals surface area contributed by atoms with Gasteiger partial charge in [-0.15, -0.1) is 11.8 Å². The van der Waals surface area contributed by atoms with E-state index in [1.165, 1.54) is 11.8 Å². The molecule has 0 bridgehead atoms. The largest absolute Gasteiger partial charge is 0.388 e. The van der Waals surface area contributed by atoms with Crippen LogP contribution >= 0.6 is 11.8 Å². The molecular weight excluding hydrogens is 236 g/mol. The Morgan fingerprint density at radius 3 is 2.76 bits per heavy atom. The highest BCUT2D eigenvalue weighted by Gasteiger charge is 2.34. The van der Waals surface area contributed by atoms with Crippen LogP contribution in [-0.4, -0.2) is 33.9 Å². The molecule has 0 aliphatic heterocycles. The van der Waals surface area contributed by atoms with E-state index in [1.54, 1.807) is 12.4 Å². The van der Waals surface area contributed by atoms with Crippen molar-refractivity contribution in [2.24, 2.45) is 0 Å². The molecule has 1 aliphatic rings. The minimum absolute atomic E-state index is 0.0351. The van der Waals surface area contributed by atoms with Crippen molar-refractivity contribution in [2.45, 2.75) is 29.8 Å². The van der Waals surface area contributed by atoms with Gasteiger partial charge in [-0.2, -0.15) is 0 Å². The number of nitrogens with one attached hydrogen (secondary N) is 1. The molecule has 2 rings (SSSR count). The van der Waals surface area contributed by atoms with Crippen LogP contribution in [0.15, 0.2) is 29.4 Å². The molecule has 1 aromatic heterocycles. The molecule has 2 N–H and O–H groups in total. The number of hydrogen-bond donors (Lipinski definition) is 2. The highest BCUT2D eigenvalue weighted by Crippen LogP contribution is 2.30. The molecule has 92 valence electrons. The van der Waals surface area contributed by atoms with Crippen LogP contribution in [0.2, 0.25) is 0 Å². The number of rotatable bonds is 5. The summed E-state index contributed by atoms with van der Waals surface area (Å²) >= 11 is 1.47. The van der Waals surface area contributed by atoms with Crippen molar-refractivity contribution in [2.75, 3.05) is 12.3 Å². The lowest BCUT2D eigenvalue weighted by atomic mass is 9.80. The van der Waals surface area contributed by atoms with Gasteiger partial charge in [-0.3, -0.25) is 9.78 Å². The van der Waals surface area contributed by atoms with Gasteiger partial charge in [0.15, 0.2) is 0 Å². The molecule has 4 nitrogen and oxygen atoms in total. The SMILES string of the molecule is O=C(CSc1ccncc1)NCC1(O)CCC1. The quantitative estimate of drug-likeness (QED) is 0.773. The molecule has 17 heavy (non-hydrogen) atoms. The van der Waals surface area contributed by atoms with Crippen molar-refractivity contribution in [1.82, 2.24) is 10.3 Å². The topological polar surface area (TPSA) is 62.2 Å². The predicted octanol–water partition coefficient (Wildman–Crippen LogP) is 1.20. The number of amides is 1. The van der Waals surface area contributed by atoms with E-state index in [9.17, 15) is 9.90 Å². The number of pyridine rings is 1. The zero-order valence-electron chi connectivity index (χ0n) is 9.56. The normalized spacial score (nSPS) is 17.2. The molecule has 5 heteroatoms. The first-order valence-corrected chi connectivity index (χ1v) is 6.68. The van der Waals surface area contributed by atoms with E-state index in [0.717, 1.165) is 24.2 Å². The Balaban J connectivity index is 1.67. The van der Waals surface area contributed by atoms with E-state index in [1.807, 2.05) is 12.1 Å². The lowest BCUT2D eigenvalue weighted by Gasteiger charge is -2.36. The Bertz CT molecular complexity index is 379. The minimum Gasteiger partial charge on any atom is -0.388 e. The number of aliphatic hydroxyl groups is 1. The van der Waals surface area contributed by atoms with Crippen molar-refractivity contribution < 1.29 is 9.90 Å². The molecule has 0 radical (unpaired) electrons. The van der Waals surface area contributed by atoms with E-state index in [-0.39, 0.29) is 5.91 Å². The van der Waals surface area contributed by atoms with E-state index >= 15 is 0 Å². The lowest BCUT2D eigenvalue weighted by molar-refractivity contribution is -0.121. The molecule has 1 amide bonds. The molecule has 0 saturated heterocycles. The van der Waals surface area contributed by atoms with Crippen LogP contribution in [0.3, 0.4) is 0 Å². The van der Waals surface area contributed by atoms with Crippen LogP contribution in [0.25, 0.3) is 0 Å². The van der Waals surface area contributed by atoms with Gasteiger partial charge >= 0.3 is 0 Å². The average molecular weight is 252 g/mol. The summed E-state index contributed by atoms with van der Waals surface area (Å²) in [6.45, 7) is 0.378. The van der Waals surface area contributed by atoms with Crippen molar-refractivity contribution in [3.63, 3.8) is 0 Å². The minimum atomic E-state index is -0.642. The Kier molecular flexibility index (Phi) is 4.02. The lowest BCUT2D eigenvalue weighted by Crippen LogP contribution is -2.48. The smallest absolute Gasteiger partial charge is 0.230 e. The van der Waals surface area contributed by atoms with Crippen LogP contribution in [-0.2, 0) is 4.79 Å². The van der Waals surface area contributed by atoms with Gasteiger partial charge in [0.05, 0.1) is 11.4 Å². The van der Waals surface area contributed by atoms with Gasteiger partial charge in [0.2, 0.25) is 5.91 Å². The fourth-order valence-electron chi connectivity index (χ4n) is 1.66. The molecule has 1 fully saturated rings. The van der Waals surface area contributed by atoms with Gasteiger partial charge in [-0.05, 0) is 31.4 Å². The Hall–Kier alpha value is -1.07. The van der Waals surface area contributed by atoms with Crippen LogP contribution in [0.4, 0.5) is 0 Å². The van der Waals surface area contributed by atoms with Crippen molar-refractivity contribution in [3.05, 3.63) is 24.5 Å². The summed E-state index contributed by atoms with van der Waals surface area (Å²) in [5, 5.41) is 12.6. The molecule has 0 aromatic carbocycles. The number of aromatic nitrogens is 1. The van der Waals surface area contributed by atoms with Gasteiger partial charge in [0.25, 0.3) is 0 Å². The number of thioether (sulfide) groups is 1. The summed E-state index contributed by atoms with van der Waals surface area (Å²) in [6.07, 6.45) is 6.06. The first kappa shape index (κ1) is 12.4. The second-order valence-electron chi connectivity index (χ2n) is 4.33. The average Bonchev–Trinajstić information content (AvgIpc) is 2.33. The fourth-order valence-corrected chi connectivity index (χ4v) is 2.37. The summed E-state index contributed by atoms with van der Waals surface area (Å²) in [5.74, 6) is 0.340. The van der Waals surface area contributed by atoms with Crippen LogP contribution in [0, 0.1) is 0 Å². The third-order valence-electron chi connectivity index (χ3n) is 2.92. The van der Waals surface area contributed by atoms with Crippen molar-refractivity contribution >= 4 is 17.7 Å². The highest BCUT2D eigenvalue weighted by molar-refractivity contribution is 8.00. The van der Waals surface area contributed by atoms with Crippen molar-refractivity contribution in [3.8, 4) is 0 Å². The van der Waals surface area contributed by atoms with Crippen LogP contribution in [0.5, 0.6) is 0 Å². The van der Waals surface area contributed by atoms with Crippen LogP contribution in [0.1, 0.15) is 19.3 Å². The summed E-state index contributed by atoms with van der Waals surface area (Å²) < 4.78 is 0. The number of carbonyl (C=O) groups excluding carboxylic acids is 1.